The number of nitrogens with one attached hydrogen (secondary N) is 1. The lowest BCUT2D eigenvalue weighted by molar-refractivity contribution is -0.116. The third-order valence-corrected chi connectivity index (χ3v) is 4.25. The summed E-state index contributed by atoms with van der Waals surface area (Å²) in [5.41, 5.74) is 9.61. The Kier molecular flexibility index (Phi) is 4.03. The topological polar surface area (TPSA) is 64.4 Å². The van der Waals surface area contributed by atoms with E-state index in [1.807, 2.05) is 12.1 Å². The molecule has 1 amide bonds. The number of amides is 1. The van der Waals surface area contributed by atoms with Crippen molar-refractivity contribution in [2.75, 3.05) is 11.9 Å². The summed E-state index contributed by atoms with van der Waals surface area (Å²) in [5, 5.41) is 2.96. The van der Waals surface area contributed by atoms with E-state index >= 15 is 0 Å². The Balaban J connectivity index is 1.80. The van der Waals surface area contributed by atoms with Gasteiger partial charge < -0.3 is 15.8 Å². The predicted molar refractivity (Wildman–Crippen MR) is 78.5 cm³/mol. The van der Waals surface area contributed by atoms with Crippen LogP contribution in [0.4, 0.5) is 5.69 Å². The molecule has 2 heterocycles. The van der Waals surface area contributed by atoms with Gasteiger partial charge in [-0.15, -0.1) is 0 Å². The van der Waals surface area contributed by atoms with Crippen LogP contribution in [0.2, 0.25) is 0 Å². The number of aryl methyl sites for hydroxylation is 1. The molecule has 3 rings (SSSR count). The molecular weight excluding hydrogens is 252 g/mol. The highest BCUT2D eigenvalue weighted by molar-refractivity contribution is 5.92. The van der Waals surface area contributed by atoms with Crippen molar-refractivity contribution in [2.24, 2.45) is 5.73 Å². The fraction of sp³-hybridized carbons (Fsp3) is 0.562. The summed E-state index contributed by atoms with van der Waals surface area (Å²) in [7, 11) is 0. The number of fused-ring (bicyclic) bond motifs is 1. The molecule has 1 saturated heterocycles. The molecule has 0 bridgehead atoms. The third-order valence-electron chi connectivity index (χ3n) is 4.25. The van der Waals surface area contributed by atoms with Gasteiger partial charge in [0.05, 0.1) is 12.1 Å². The summed E-state index contributed by atoms with van der Waals surface area (Å²) < 4.78 is 5.79. The number of ether oxygens (including phenoxy) is 1. The molecule has 1 fully saturated rings. The number of anilines is 1. The van der Waals surface area contributed by atoms with Crippen molar-refractivity contribution in [3.8, 4) is 0 Å². The number of carbonyl (C=O) groups is 1. The molecule has 2 unspecified atom stereocenters. The molecule has 2 aliphatic heterocycles. The van der Waals surface area contributed by atoms with Crippen LogP contribution in [0.1, 0.15) is 49.3 Å². The average molecular weight is 274 g/mol. The van der Waals surface area contributed by atoms with Crippen molar-refractivity contribution in [3.63, 3.8) is 0 Å². The van der Waals surface area contributed by atoms with Crippen LogP contribution >= 0.6 is 0 Å². The molecule has 1 aromatic rings. The minimum atomic E-state index is -0.0699. The molecule has 108 valence electrons. The van der Waals surface area contributed by atoms with E-state index in [-0.39, 0.29) is 18.1 Å². The van der Waals surface area contributed by atoms with E-state index in [1.165, 1.54) is 12.0 Å². The maximum atomic E-state index is 11.6. The van der Waals surface area contributed by atoms with Gasteiger partial charge >= 0.3 is 0 Å². The first-order chi connectivity index (χ1) is 9.74. The zero-order valence-electron chi connectivity index (χ0n) is 11.7. The summed E-state index contributed by atoms with van der Waals surface area (Å²) in [4.78, 5) is 11.6. The first-order valence-electron chi connectivity index (χ1n) is 7.54. The van der Waals surface area contributed by atoms with Gasteiger partial charge in [-0.25, -0.2) is 0 Å². The van der Waals surface area contributed by atoms with Gasteiger partial charge in [-0.2, -0.15) is 0 Å². The molecule has 0 spiro atoms. The summed E-state index contributed by atoms with van der Waals surface area (Å²) in [5.74, 6) is 0.108. The van der Waals surface area contributed by atoms with Crippen molar-refractivity contribution in [3.05, 3.63) is 29.3 Å². The Morgan fingerprint density at radius 2 is 2.15 bits per heavy atom. The van der Waals surface area contributed by atoms with Crippen LogP contribution < -0.4 is 11.1 Å². The summed E-state index contributed by atoms with van der Waals surface area (Å²) >= 11 is 0. The van der Waals surface area contributed by atoms with Crippen LogP contribution in [0.25, 0.3) is 0 Å². The maximum Gasteiger partial charge on any atom is 0.224 e. The van der Waals surface area contributed by atoms with Gasteiger partial charge in [-0.05, 0) is 49.3 Å². The number of benzene rings is 1. The highest BCUT2D eigenvalue weighted by atomic mass is 16.5. The van der Waals surface area contributed by atoms with Gasteiger partial charge in [0.25, 0.3) is 0 Å². The van der Waals surface area contributed by atoms with E-state index in [9.17, 15) is 4.79 Å². The fourth-order valence-corrected chi connectivity index (χ4v) is 3.07. The van der Waals surface area contributed by atoms with Gasteiger partial charge in [0.15, 0.2) is 0 Å². The molecule has 4 heteroatoms. The Labute approximate surface area is 119 Å². The van der Waals surface area contributed by atoms with E-state index in [1.54, 1.807) is 0 Å². The lowest BCUT2D eigenvalue weighted by Crippen LogP contribution is -2.31. The van der Waals surface area contributed by atoms with Gasteiger partial charge in [0.1, 0.15) is 0 Å². The second-order valence-electron chi connectivity index (χ2n) is 5.75. The molecule has 0 saturated carbocycles. The summed E-state index contributed by atoms with van der Waals surface area (Å²) in [6.07, 6.45) is 5.93. The van der Waals surface area contributed by atoms with Crippen molar-refractivity contribution in [1.82, 2.24) is 0 Å². The van der Waals surface area contributed by atoms with Crippen LogP contribution in [0.3, 0.4) is 0 Å². The number of nitrogens with two attached hydrogens (primary N) is 1. The first-order valence-corrected chi connectivity index (χ1v) is 7.54. The minimum Gasteiger partial charge on any atom is -0.376 e. The number of rotatable bonds is 2. The minimum absolute atomic E-state index is 0.0699. The molecule has 2 aliphatic rings. The molecule has 0 aromatic heterocycles. The van der Waals surface area contributed by atoms with Crippen molar-refractivity contribution in [1.29, 1.82) is 0 Å². The van der Waals surface area contributed by atoms with Crippen LogP contribution in [-0.4, -0.2) is 18.6 Å². The lowest BCUT2D eigenvalue weighted by atomic mass is 9.94. The number of hydrogen-bond donors (Lipinski definition) is 2. The molecular formula is C16H22N2O2. The van der Waals surface area contributed by atoms with Crippen LogP contribution in [0, 0.1) is 0 Å². The normalized spacial score (nSPS) is 24.4. The molecule has 3 N–H and O–H groups in total. The largest absolute Gasteiger partial charge is 0.376 e. The number of carbonyl (C=O) groups excluding carboxylic acids is 1. The zero-order chi connectivity index (χ0) is 13.9. The Morgan fingerprint density at radius 3 is 2.95 bits per heavy atom. The van der Waals surface area contributed by atoms with Crippen LogP contribution in [0.5, 0.6) is 0 Å². The first kappa shape index (κ1) is 13.6. The SMILES string of the molecule is NC(c1ccc2c(c1)CCCC(=O)N2)C1CCCCO1. The van der Waals surface area contributed by atoms with E-state index in [2.05, 4.69) is 11.4 Å². The molecule has 2 atom stereocenters. The van der Waals surface area contributed by atoms with E-state index in [0.29, 0.717) is 6.42 Å². The Hall–Kier alpha value is -1.39. The number of hydrogen-bond acceptors (Lipinski definition) is 3. The monoisotopic (exact) mass is 274 g/mol. The molecule has 0 radical (unpaired) electrons. The van der Waals surface area contributed by atoms with Gasteiger partial charge in [-0.3, -0.25) is 4.79 Å². The second kappa shape index (κ2) is 5.94. The second-order valence-corrected chi connectivity index (χ2v) is 5.75. The molecule has 20 heavy (non-hydrogen) atoms. The van der Waals surface area contributed by atoms with Crippen LogP contribution in [0.15, 0.2) is 18.2 Å². The van der Waals surface area contributed by atoms with Crippen molar-refractivity contribution < 1.29 is 9.53 Å². The standard InChI is InChI=1S/C16H22N2O2/c17-16(14-5-1-2-9-20-14)12-7-8-13-11(10-12)4-3-6-15(19)18-13/h7-8,10,14,16H,1-6,9,17H2,(H,18,19). The molecule has 0 aliphatic carbocycles. The summed E-state index contributed by atoms with van der Waals surface area (Å²) in [6.45, 7) is 0.819. The van der Waals surface area contributed by atoms with Crippen molar-refractivity contribution in [2.45, 2.75) is 50.7 Å². The smallest absolute Gasteiger partial charge is 0.224 e. The lowest BCUT2D eigenvalue weighted by Gasteiger charge is -2.28. The van der Waals surface area contributed by atoms with E-state index in [0.717, 1.165) is 43.5 Å². The zero-order valence-corrected chi connectivity index (χ0v) is 11.7. The molecule has 1 aromatic carbocycles. The van der Waals surface area contributed by atoms with E-state index < -0.39 is 0 Å². The Morgan fingerprint density at radius 1 is 1.25 bits per heavy atom. The third kappa shape index (κ3) is 2.86. The predicted octanol–water partition coefficient (Wildman–Crippen LogP) is 2.53. The maximum absolute atomic E-state index is 11.6. The van der Waals surface area contributed by atoms with Crippen LogP contribution in [-0.2, 0) is 16.0 Å². The van der Waals surface area contributed by atoms with Gasteiger partial charge in [0, 0.05) is 18.7 Å². The van der Waals surface area contributed by atoms with Gasteiger partial charge in [0.2, 0.25) is 5.91 Å². The van der Waals surface area contributed by atoms with E-state index in [4.69, 9.17) is 10.5 Å². The quantitative estimate of drug-likeness (QED) is 0.871. The Bertz CT molecular complexity index is 495. The highest BCUT2D eigenvalue weighted by Gasteiger charge is 2.23. The fourth-order valence-electron chi connectivity index (χ4n) is 3.07. The van der Waals surface area contributed by atoms with Crippen molar-refractivity contribution >= 4 is 11.6 Å². The average Bonchev–Trinajstić information content (AvgIpc) is 2.67. The highest BCUT2D eigenvalue weighted by Crippen LogP contribution is 2.29. The molecule has 4 nitrogen and oxygen atoms in total. The summed E-state index contributed by atoms with van der Waals surface area (Å²) in [6, 6.07) is 6.08. The van der Waals surface area contributed by atoms with Gasteiger partial charge in [-0.1, -0.05) is 12.1 Å².